The van der Waals surface area contributed by atoms with E-state index >= 15 is 0 Å². The molecule has 4 nitrogen and oxygen atoms in total. The van der Waals surface area contributed by atoms with Gasteiger partial charge in [0.1, 0.15) is 11.5 Å². The van der Waals surface area contributed by atoms with Crippen LogP contribution in [0.2, 0.25) is 0 Å². The van der Waals surface area contributed by atoms with Gasteiger partial charge in [-0.3, -0.25) is 4.79 Å². The van der Waals surface area contributed by atoms with Gasteiger partial charge in [0.25, 0.3) is 5.91 Å². The van der Waals surface area contributed by atoms with Gasteiger partial charge in [0, 0.05) is 12.6 Å². The van der Waals surface area contributed by atoms with E-state index in [-0.39, 0.29) is 5.91 Å². The van der Waals surface area contributed by atoms with Crippen LogP contribution in [-0.2, 0) is 0 Å². The van der Waals surface area contributed by atoms with E-state index in [0.29, 0.717) is 23.5 Å². The van der Waals surface area contributed by atoms with Gasteiger partial charge in [-0.25, -0.2) is 4.98 Å². The Hall–Kier alpha value is -1.58. The number of anilines is 1. The largest absolute Gasteiger partial charge is 0.384 e. The maximum Gasteiger partial charge on any atom is 0.272 e. The van der Waals surface area contributed by atoms with E-state index in [9.17, 15) is 4.79 Å². The summed E-state index contributed by atoms with van der Waals surface area (Å²) in [4.78, 5) is 18.4. The Kier molecular flexibility index (Phi) is 3.31. The third kappa shape index (κ3) is 2.40. The number of likely N-dealkylation sites (tertiary alicyclic amines) is 1. The van der Waals surface area contributed by atoms with Gasteiger partial charge >= 0.3 is 0 Å². The smallest absolute Gasteiger partial charge is 0.272 e. The number of nitrogens with two attached hydrogens (primary N) is 1. The molecule has 0 bridgehead atoms. The molecule has 2 rings (SSSR count). The minimum Gasteiger partial charge on any atom is -0.384 e. The number of carbonyl (C=O) groups is 1. The van der Waals surface area contributed by atoms with Crippen molar-refractivity contribution in [2.24, 2.45) is 5.92 Å². The maximum absolute atomic E-state index is 12.3. The van der Waals surface area contributed by atoms with E-state index in [2.05, 4.69) is 18.8 Å². The average molecular weight is 233 g/mol. The van der Waals surface area contributed by atoms with Crippen LogP contribution in [0.25, 0.3) is 0 Å². The van der Waals surface area contributed by atoms with Crippen LogP contribution in [-0.4, -0.2) is 28.4 Å². The van der Waals surface area contributed by atoms with E-state index in [0.717, 1.165) is 19.4 Å². The minimum atomic E-state index is 0.00787. The first-order chi connectivity index (χ1) is 8.09. The summed E-state index contributed by atoms with van der Waals surface area (Å²) in [6, 6.07) is 5.54. The molecule has 0 radical (unpaired) electrons. The Morgan fingerprint density at radius 3 is 2.94 bits per heavy atom. The fraction of sp³-hybridized carbons (Fsp3) is 0.538. The topological polar surface area (TPSA) is 59.2 Å². The van der Waals surface area contributed by atoms with Crippen molar-refractivity contribution in [3.63, 3.8) is 0 Å². The van der Waals surface area contributed by atoms with Gasteiger partial charge in [-0.05, 0) is 30.9 Å². The number of rotatable bonds is 2. The molecule has 92 valence electrons. The van der Waals surface area contributed by atoms with Gasteiger partial charge < -0.3 is 10.6 Å². The molecular weight excluding hydrogens is 214 g/mol. The highest BCUT2D eigenvalue weighted by molar-refractivity contribution is 5.93. The van der Waals surface area contributed by atoms with Crippen LogP contribution in [0.4, 0.5) is 5.82 Å². The van der Waals surface area contributed by atoms with E-state index in [1.807, 2.05) is 4.90 Å². The summed E-state index contributed by atoms with van der Waals surface area (Å²) in [5.74, 6) is 0.896. The van der Waals surface area contributed by atoms with Crippen molar-refractivity contribution in [3.05, 3.63) is 23.9 Å². The van der Waals surface area contributed by atoms with Crippen molar-refractivity contribution in [2.75, 3.05) is 12.3 Å². The van der Waals surface area contributed by atoms with E-state index in [1.165, 1.54) is 0 Å². The molecule has 2 heterocycles. The van der Waals surface area contributed by atoms with Crippen molar-refractivity contribution in [3.8, 4) is 0 Å². The number of nitrogen functional groups attached to an aromatic ring is 1. The monoisotopic (exact) mass is 233 g/mol. The number of hydrogen-bond acceptors (Lipinski definition) is 3. The Labute approximate surface area is 102 Å². The molecule has 0 unspecified atom stereocenters. The molecule has 0 spiro atoms. The van der Waals surface area contributed by atoms with Gasteiger partial charge in [-0.2, -0.15) is 0 Å². The lowest BCUT2D eigenvalue weighted by Gasteiger charge is -2.27. The molecule has 1 aliphatic heterocycles. The lowest BCUT2D eigenvalue weighted by Crippen LogP contribution is -2.38. The highest BCUT2D eigenvalue weighted by Gasteiger charge is 2.31. The predicted molar refractivity (Wildman–Crippen MR) is 67.5 cm³/mol. The summed E-state index contributed by atoms with van der Waals surface area (Å²) in [5.41, 5.74) is 6.06. The molecule has 1 aliphatic rings. The third-order valence-corrected chi connectivity index (χ3v) is 3.32. The molecule has 0 aromatic carbocycles. The first kappa shape index (κ1) is 11.9. The van der Waals surface area contributed by atoms with Crippen LogP contribution in [0.3, 0.4) is 0 Å². The molecule has 4 heteroatoms. The Morgan fingerprint density at radius 1 is 1.53 bits per heavy atom. The quantitative estimate of drug-likeness (QED) is 0.849. The van der Waals surface area contributed by atoms with Crippen molar-refractivity contribution in [1.82, 2.24) is 9.88 Å². The molecule has 17 heavy (non-hydrogen) atoms. The summed E-state index contributed by atoms with van der Waals surface area (Å²) < 4.78 is 0. The standard InChI is InChI=1S/C13H19N3O/c1-9(2)11-6-4-8-16(11)13(17)10-5-3-7-12(14)15-10/h3,5,7,9,11H,4,6,8H2,1-2H3,(H2,14,15)/t11-/m1/s1. The third-order valence-electron chi connectivity index (χ3n) is 3.32. The second-order valence-electron chi connectivity index (χ2n) is 4.90. The molecule has 0 aliphatic carbocycles. The molecule has 1 amide bonds. The summed E-state index contributed by atoms with van der Waals surface area (Å²) in [5, 5.41) is 0. The first-order valence-electron chi connectivity index (χ1n) is 6.13. The van der Waals surface area contributed by atoms with Gasteiger partial charge in [-0.1, -0.05) is 19.9 Å². The van der Waals surface area contributed by atoms with Crippen molar-refractivity contribution < 1.29 is 4.79 Å². The number of aromatic nitrogens is 1. The van der Waals surface area contributed by atoms with E-state index < -0.39 is 0 Å². The predicted octanol–water partition coefficient (Wildman–Crippen LogP) is 1.92. The highest BCUT2D eigenvalue weighted by Crippen LogP contribution is 2.25. The SMILES string of the molecule is CC(C)[C@H]1CCCN1C(=O)c1cccc(N)n1. The molecular formula is C13H19N3O. The second kappa shape index (κ2) is 4.73. The van der Waals surface area contributed by atoms with Gasteiger partial charge in [0.2, 0.25) is 0 Å². The Morgan fingerprint density at radius 2 is 2.29 bits per heavy atom. The van der Waals surface area contributed by atoms with Crippen LogP contribution in [0, 0.1) is 5.92 Å². The molecule has 1 aromatic heterocycles. The minimum absolute atomic E-state index is 0.00787. The Balaban J connectivity index is 2.20. The molecule has 1 atom stereocenters. The highest BCUT2D eigenvalue weighted by atomic mass is 16.2. The van der Waals surface area contributed by atoms with Crippen LogP contribution in [0.5, 0.6) is 0 Å². The Bertz CT molecular complexity index is 417. The van der Waals surface area contributed by atoms with Gasteiger partial charge in [0.15, 0.2) is 0 Å². The van der Waals surface area contributed by atoms with Crippen LogP contribution >= 0.6 is 0 Å². The maximum atomic E-state index is 12.3. The first-order valence-corrected chi connectivity index (χ1v) is 6.13. The molecule has 1 aromatic rings. The van der Waals surface area contributed by atoms with Gasteiger partial charge in [0.05, 0.1) is 0 Å². The molecule has 0 saturated carbocycles. The second-order valence-corrected chi connectivity index (χ2v) is 4.90. The number of amides is 1. The summed E-state index contributed by atoms with van der Waals surface area (Å²) in [7, 11) is 0. The van der Waals surface area contributed by atoms with Crippen molar-refractivity contribution in [2.45, 2.75) is 32.7 Å². The summed E-state index contributed by atoms with van der Waals surface area (Å²) >= 11 is 0. The lowest BCUT2D eigenvalue weighted by molar-refractivity contribution is 0.0695. The lowest BCUT2D eigenvalue weighted by atomic mass is 10.0. The normalized spacial score (nSPS) is 19.9. The van der Waals surface area contributed by atoms with Crippen LogP contribution < -0.4 is 5.73 Å². The zero-order chi connectivity index (χ0) is 12.4. The summed E-state index contributed by atoms with van der Waals surface area (Å²) in [6.45, 7) is 5.14. The molecule has 2 N–H and O–H groups in total. The zero-order valence-electron chi connectivity index (χ0n) is 10.4. The van der Waals surface area contributed by atoms with Crippen LogP contribution in [0.1, 0.15) is 37.2 Å². The number of hydrogen-bond donors (Lipinski definition) is 1. The average Bonchev–Trinajstić information content (AvgIpc) is 2.77. The fourth-order valence-electron chi connectivity index (χ4n) is 2.46. The van der Waals surface area contributed by atoms with E-state index in [4.69, 9.17) is 5.73 Å². The fourth-order valence-corrected chi connectivity index (χ4v) is 2.46. The number of pyridine rings is 1. The molecule has 1 saturated heterocycles. The van der Waals surface area contributed by atoms with E-state index in [1.54, 1.807) is 18.2 Å². The molecule has 1 fully saturated rings. The number of carbonyl (C=O) groups excluding carboxylic acids is 1. The zero-order valence-corrected chi connectivity index (χ0v) is 10.4. The van der Waals surface area contributed by atoms with Gasteiger partial charge in [-0.15, -0.1) is 0 Å². The van der Waals surface area contributed by atoms with Crippen LogP contribution in [0.15, 0.2) is 18.2 Å². The van der Waals surface area contributed by atoms with Crippen molar-refractivity contribution in [1.29, 1.82) is 0 Å². The summed E-state index contributed by atoms with van der Waals surface area (Å²) in [6.07, 6.45) is 2.17. The number of nitrogens with zero attached hydrogens (tertiary/aromatic N) is 2. The van der Waals surface area contributed by atoms with Crippen molar-refractivity contribution >= 4 is 11.7 Å².